The number of hydrogen-bond donors (Lipinski definition) is 2. The highest BCUT2D eigenvalue weighted by Gasteiger charge is 2.28. The molecule has 2 N–H and O–H groups in total. The second-order valence-electron chi connectivity index (χ2n) is 8.81. The van der Waals surface area contributed by atoms with Crippen molar-refractivity contribution in [2.24, 2.45) is 5.92 Å². The monoisotopic (exact) mass is 555 g/mol. The number of carbonyl (C=O) groups excluding carboxylic acids is 2. The van der Waals surface area contributed by atoms with Crippen LogP contribution in [-0.2, 0) is 14.8 Å². The van der Waals surface area contributed by atoms with E-state index in [0.29, 0.717) is 35.8 Å². The average molecular weight is 556 g/mol. The Morgan fingerprint density at radius 3 is 2.24 bits per heavy atom. The molecule has 0 unspecified atom stereocenters. The van der Waals surface area contributed by atoms with Gasteiger partial charge in [0.05, 0.1) is 28.4 Å². The molecular formula is C28H33N3O5S2. The lowest BCUT2D eigenvalue weighted by Crippen LogP contribution is -2.38. The minimum Gasteiger partial charge on any atom is -0.494 e. The van der Waals surface area contributed by atoms with E-state index < -0.39 is 22.5 Å². The van der Waals surface area contributed by atoms with Gasteiger partial charge in [-0.05, 0) is 79.8 Å². The van der Waals surface area contributed by atoms with E-state index in [1.807, 2.05) is 27.0 Å². The van der Waals surface area contributed by atoms with Crippen LogP contribution in [0.2, 0.25) is 0 Å². The van der Waals surface area contributed by atoms with Crippen molar-refractivity contribution in [3.63, 3.8) is 0 Å². The minimum absolute atomic E-state index is 0.0606. The van der Waals surface area contributed by atoms with Crippen LogP contribution in [0.15, 0.2) is 82.6 Å². The number of thioether (sulfide) groups is 1. The fourth-order valence-electron chi connectivity index (χ4n) is 3.57. The molecule has 0 atom stereocenters. The van der Waals surface area contributed by atoms with Gasteiger partial charge in [0.1, 0.15) is 12.3 Å². The molecule has 0 aromatic heterocycles. The Morgan fingerprint density at radius 1 is 0.974 bits per heavy atom. The summed E-state index contributed by atoms with van der Waals surface area (Å²) in [6.07, 6.45) is 1.90. The third-order valence-electron chi connectivity index (χ3n) is 5.49. The van der Waals surface area contributed by atoms with Crippen LogP contribution in [0.4, 0.5) is 11.4 Å². The van der Waals surface area contributed by atoms with Gasteiger partial charge in [-0.2, -0.15) is 0 Å². The first-order valence-electron chi connectivity index (χ1n) is 12.2. The Morgan fingerprint density at radius 2 is 1.63 bits per heavy atom. The first kappa shape index (κ1) is 29.1. The molecule has 0 heterocycles. The zero-order valence-electron chi connectivity index (χ0n) is 21.9. The predicted octanol–water partition coefficient (Wildman–Crippen LogP) is 5.03. The maximum absolute atomic E-state index is 13.7. The number of benzene rings is 3. The summed E-state index contributed by atoms with van der Waals surface area (Å²) in [4.78, 5) is 26.9. The number of anilines is 2. The molecule has 0 radical (unpaired) electrons. The average Bonchev–Trinajstić information content (AvgIpc) is 2.91. The number of sulfonamides is 1. The van der Waals surface area contributed by atoms with E-state index in [-0.39, 0.29) is 16.7 Å². The van der Waals surface area contributed by atoms with Crippen LogP contribution in [-0.4, -0.2) is 46.2 Å². The standard InChI is InChI=1S/C28H33N3O5S2/c1-5-36-22-12-10-21(11-13-22)31(38(34,35)24-16-14-23(37-4)15-17-24)19-27(32)30-26-9-7-6-8-25(26)28(33)29-18-20(2)3/h6-17,20H,5,18-19H2,1-4H3,(H,29,33)(H,30,32). The molecule has 10 heteroatoms. The number of para-hydroxylation sites is 1. The zero-order valence-corrected chi connectivity index (χ0v) is 23.6. The van der Waals surface area contributed by atoms with E-state index >= 15 is 0 Å². The molecule has 38 heavy (non-hydrogen) atoms. The van der Waals surface area contributed by atoms with E-state index in [1.165, 1.54) is 23.9 Å². The van der Waals surface area contributed by atoms with Crippen LogP contribution in [0.1, 0.15) is 31.1 Å². The number of nitrogens with one attached hydrogen (secondary N) is 2. The van der Waals surface area contributed by atoms with Gasteiger partial charge in [-0.1, -0.05) is 26.0 Å². The number of nitrogens with zero attached hydrogens (tertiary/aromatic N) is 1. The van der Waals surface area contributed by atoms with Gasteiger partial charge in [-0.15, -0.1) is 11.8 Å². The van der Waals surface area contributed by atoms with Crippen LogP contribution in [0.5, 0.6) is 5.75 Å². The van der Waals surface area contributed by atoms with Crippen molar-refractivity contribution in [2.75, 3.05) is 35.6 Å². The van der Waals surface area contributed by atoms with Gasteiger partial charge in [0.25, 0.3) is 15.9 Å². The topological polar surface area (TPSA) is 105 Å². The molecule has 8 nitrogen and oxygen atoms in total. The van der Waals surface area contributed by atoms with Crippen LogP contribution in [0, 0.1) is 5.92 Å². The predicted molar refractivity (Wildman–Crippen MR) is 153 cm³/mol. The Bertz CT molecular complexity index is 1340. The molecule has 0 aliphatic carbocycles. The van der Waals surface area contributed by atoms with Crippen LogP contribution < -0.4 is 19.7 Å². The highest BCUT2D eigenvalue weighted by molar-refractivity contribution is 7.98. The number of ether oxygens (including phenoxy) is 1. The summed E-state index contributed by atoms with van der Waals surface area (Å²) in [5, 5.41) is 5.56. The lowest BCUT2D eigenvalue weighted by Gasteiger charge is -2.24. The van der Waals surface area contributed by atoms with Crippen molar-refractivity contribution in [1.82, 2.24) is 5.32 Å². The molecule has 202 valence electrons. The van der Waals surface area contributed by atoms with Gasteiger partial charge in [0, 0.05) is 11.4 Å². The molecule has 0 saturated carbocycles. The highest BCUT2D eigenvalue weighted by Crippen LogP contribution is 2.27. The molecule has 0 saturated heterocycles. The van der Waals surface area contributed by atoms with E-state index in [4.69, 9.17) is 4.74 Å². The molecule has 3 aromatic rings. The third-order valence-corrected chi connectivity index (χ3v) is 8.02. The summed E-state index contributed by atoms with van der Waals surface area (Å²) in [7, 11) is -4.09. The molecule has 0 fully saturated rings. The maximum atomic E-state index is 13.7. The summed E-state index contributed by atoms with van der Waals surface area (Å²) in [5.41, 5.74) is 0.900. The number of amides is 2. The Balaban J connectivity index is 1.91. The number of hydrogen-bond acceptors (Lipinski definition) is 6. The van der Waals surface area contributed by atoms with Gasteiger partial charge in [-0.25, -0.2) is 8.42 Å². The lowest BCUT2D eigenvalue weighted by atomic mass is 10.1. The smallest absolute Gasteiger partial charge is 0.264 e. The van der Waals surface area contributed by atoms with Crippen molar-refractivity contribution >= 4 is 45.0 Å². The summed E-state index contributed by atoms with van der Waals surface area (Å²) in [5.74, 6) is -0.0611. The molecule has 0 spiro atoms. The SMILES string of the molecule is CCOc1ccc(N(CC(=O)Nc2ccccc2C(=O)NCC(C)C)S(=O)(=O)c2ccc(SC)cc2)cc1. The van der Waals surface area contributed by atoms with Gasteiger partial charge < -0.3 is 15.4 Å². The van der Waals surface area contributed by atoms with E-state index in [0.717, 1.165) is 9.20 Å². The lowest BCUT2D eigenvalue weighted by molar-refractivity contribution is -0.114. The maximum Gasteiger partial charge on any atom is 0.264 e. The summed E-state index contributed by atoms with van der Waals surface area (Å²) >= 11 is 1.50. The van der Waals surface area contributed by atoms with Crippen LogP contribution in [0.25, 0.3) is 0 Å². The van der Waals surface area contributed by atoms with E-state index in [9.17, 15) is 18.0 Å². The van der Waals surface area contributed by atoms with Crippen LogP contribution in [0.3, 0.4) is 0 Å². The molecule has 3 aromatic carbocycles. The van der Waals surface area contributed by atoms with Gasteiger partial charge >= 0.3 is 0 Å². The molecule has 3 rings (SSSR count). The fourth-order valence-corrected chi connectivity index (χ4v) is 5.40. The van der Waals surface area contributed by atoms with Crippen LogP contribution >= 0.6 is 11.8 Å². The molecule has 0 bridgehead atoms. The molecule has 0 aliphatic rings. The largest absolute Gasteiger partial charge is 0.494 e. The van der Waals surface area contributed by atoms with Crippen molar-refractivity contribution in [3.05, 3.63) is 78.4 Å². The van der Waals surface area contributed by atoms with E-state index in [2.05, 4.69) is 10.6 Å². The third kappa shape index (κ3) is 7.52. The second kappa shape index (κ2) is 13.3. The summed E-state index contributed by atoms with van der Waals surface area (Å²) in [6.45, 7) is 6.28. The van der Waals surface area contributed by atoms with Crippen molar-refractivity contribution in [3.8, 4) is 5.75 Å². The molecule has 0 aliphatic heterocycles. The Hall–Kier alpha value is -3.50. The van der Waals surface area contributed by atoms with Gasteiger partial charge in [0.15, 0.2) is 0 Å². The minimum atomic E-state index is -4.09. The quantitative estimate of drug-likeness (QED) is 0.304. The second-order valence-corrected chi connectivity index (χ2v) is 11.6. The Kier molecular flexibility index (Phi) is 10.2. The molecular weight excluding hydrogens is 522 g/mol. The first-order valence-corrected chi connectivity index (χ1v) is 14.9. The van der Waals surface area contributed by atoms with E-state index in [1.54, 1.807) is 60.7 Å². The number of carbonyl (C=O) groups is 2. The van der Waals surface area contributed by atoms with Gasteiger partial charge in [-0.3, -0.25) is 13.9 Å². The number of rotatable bonds is 12. The highest BCUT2D eigenvalue weighted by atomic mass is 32.2. The Labute approximate surface area is 228 Å². The fraction of sp³-hybridized carbons (Fsp3) is 0.286. The summed E-state index contributed by atoms with van der Waals surface area (Å²) in [6, 6.07) is 19.6. The first-order chi connectivity index (χ1) is 18.1. The zero-order chi connectivity index (χ0) is 27.7. The normalized spacial score (nSPS) is 11.2. The molecule has 2 amide bonds. The summed E-state index contributed by atoms with van der Waals surface area (Å²) < 4.78 is 33.9. The van der Waals surface area contributed by atoms with Gasteiger partial charge in [0.2, 0.25) is 5.91 Å². The van der Waals surface area contributed by atoms with Crippen molar-refractivity contribution in [2.45, 2.75) is 30.6 Å². The van der Waals surface area contributed by atoms with Crippen molar-refractivity contribution < 1.29 is 22.7 Å². The van der Waals surface area contributed by atoms with Crippen molar-refractivity contribution in [1.29, 1.82) is 0 Å².